The molecule has 0 radical (unpaired) electrons. The summed E-state index contributed by atoms with van der Waals surface area (Å²) in [6, 6.07) is 16.4. The smallest absolute Gasteiger partial charge is 0.257 e. The van der Waals surface area contributed by atoms with Crippen LogP contribution in [0.3, 0.4) is 0 Å². The summed E-state index contributed by atoms with van der Waals surface area (Å²) >= 11 is 3.64. The number of halogens is 1. The molecule has 0 spiro atoms. The largest absolute Gasteiger partial charge is 0.488 e. The molecule has 0 bridgehead atoms. The minimum atomic E-state index is -0.909. The monoisotopic (exact) mass is 650 g/mol. The Morgan fingerprint density at radius 2 is 1.79 bits per heavy atom. The van der Waals surface area contributed by atoms with Crippen LogP contribution in [0.2, 0.25) is 0 Å². The molecule has 1 saturated heterocycles. The first-order chi connectivity index (χ1) is 20.8. The minimum absolute atomic E-state index is 0.0785. The molecule has 0 unspecified atom stereocenters. The SMILES string of the molecule is CC[C@@H](C)C(=O)N[C@H]1COc2c(C(=O)N3CCN(CCCO)CC3)cccc2N(Cc2ccc(Br)c3ccccc23)C1=O. The molecule has 5 rings (SSSR count). The molecule has 10 heteroatoms. The molecule has 1 fully saturated rings. The molecule has 3 amide bonds. The fourth-order valence-electron chi connectivity index (χ4n) is 5.64. The molecule has 228 valence electrons. The van der Waals surface area contributed by atoms with Crippen molar-refractivity contribution in [1.82, 2.24) is 15.1 Å². The molecule has 2 atom stereocenters. The summed E-state index contributed by atoms with van der Waals surface area (Å²) in [7, 11) is 0. The molecule has 2 aliphatic heterocycles. The maximum atomic E-state index is 14.2. The molecule has 0 aromatic heterocycles. The van der Waals surface area contributed by atoms with Gasteiger partial charge in [-0.25, -0.2) is 0 Å². The fourth-order valence-corrected chi connectivity index (χ4v) is 6.12. The average Bonchev–Trinajstić information content (AvgIpc) is 3.16. The molecule has 43 heavy (non-hydrogen) atoms. The number of carbonyl (C=O) groups excluding carboxylic acids is 3. The van der Waals surface area contributed by atoms with Crippen molar-refractivity contribution in [3.8, 4) is 5.75 Å². The summed E-state index contributed by atoms with van der Waals surface area (Å²) in [5, 5.41) is 14.1. The zero-order chi connectivity index (χ0) is 30.5. The number of fused-ring (bicyclic) bond motifs is 2. The van der Waals surface area contributed by atoms with Gasteiger partial charge in [0.05, 0.1) is 17.8 Å². The second-order valence-electron chi connectivity index (χ2n) is 11.2. The Balaban J connectivity index is 1.50. The zero-order valence-electron chi connectivity index (χ0n) is 24.7. The maximum absolute atomic E-state index is 14.2. The molecule has 9 nitrogen and oxygen atoms in total. The Morgan fingerprint density at radius 3 is 2.51 bits per heavy atom. The lowest BCUT2D eigenvalue weighted by Crippen LogP contribution is -2.51. The highest BCUT2D eigenvalue weighted by molar-refractivity contribution is 9.10. The van der Waals surface area contributed by atoms with Crippen LogP contribution in [0.25, 0.3) is 10.8 Å². The normalized spacial score (nSPS) is 18.1. The first-order valence-corrected chi connectivity index (χ1v) is 15.8. The van der Waals surface area contributed by atoms with E-state index in [0.29, 0.717) is 42.9 Å². The van der Waals surface area contributed by atoms with Crippen molar-refractivity contribution in [2.75, 3.05) is 50.8 Å². The summed E-state index contributed by atoms with van der Waals surface area (Å²) in [6.45, 7) is 7.46. The summed E-state index contributed by atoms with van der Waals surface area (Å²) < 4.78 is 7.23. The third-order valence-electron chi connectivity index (χ3n) is 8.43. The lowest BCUT2D eigenvalue weighted by atomic mass is 10.0. The summed E-state index contributed by atoms with van der Waals surface area (Å²) in [5.41, 5.74) is 1.83. The Labute approximate surface area is 260 Å². The number of amides is 3. The highest BCUT2D eigenvalue weighted by Crippen LogP contribution is 2.38. The number of hydrogen-bond acceptors (Lipinski definition) is 6. The van der Waals surface area contributed by atoms with Crippen LogP contribution in [0.4, 0.5) is 5.69 Å². The highest BCUT2D eigenvalue weighted by Gasteiger charge is 2.36. The van der Waals surface area contributed by atoms with E-state index in [4.69, 9.17) is 9.84 Å². The Kier molecular flexibility index (Phi) is 10.00. The van der Waals surface area contributed by atoms with Crippen molar-refractivity contribution in [3.63, 3.8) is 0 Å². The van der Waals surface area contributed by atoms with Crippen molar-refractivity contribution in [2.24, 2.45) is 5.92 Å². The van der Waals surface area contributed by atoms with Crippen LogP contribution in [-0.2, 0) is 16.1 Å². The van der Waals surface area contributed by atoms with Gasteiger partial charge in [-0.3, -0.25) is 19.3 Å². The van der Waals surface area contributed by atoms with Gasteiger partial charge in [-0.05, 0) is 47.4 Å². The number of para-hydroxylation sites is 1. The molecule has 2 aliphatic rings. The van der Waals surface area contributed by atoms with Crippen LogP contribution in [0.15, 0.2) is 59.1 Å². The molecular weight excluding hydrogens is 612 g/mol. The second-order valence-corrected chi connectivity index (χ2v) is 12.1. The molecule has 2 heterocycles. The zero-order valence-corrected chi connectivity index (χ0v) is 26.3. The number of carbonyl (C=O) groups is 3. The number of aliphatic hydroxyl groups excluding tert-OH is 1. The lowest BCUT2D eigenvalue weighted by molar-refractivity contribution is -0.130. The number of aliphatic hydroxyl groups is 1. The van der Waals surface area contributed by atoms with Gasteiger partial charge in [-0.15, -0.1) is 0 Å². The van der Waals surface area contributed by atoms with Gasteiger partial charge in [0.1, 0.15) is 12.6 Å². The Bertz CT molecular complexity index is 1490. The molecule has 0 aliphatic carbocycles. The standard InChI is InChI=1S/C33H39BrN4O5/c1-3-22(2)31(40)35-28-21-43-30-26(32(41)37-17-15-36(16-18-37)14-7-19-39)10-6-11-29(30)38(33(28)42)20-23-12-13-27(34)25-9-5-4-8-24(23)25/h4-6,8-13,22,28,39H,3,7,14-21H2,1-2H3,(H,35,40)/t22-,28+/m1/s1. The topological polar surface area (TPSA) is 102 Å². The molecule has 3 aromatic carbocycles. The summed E-state index contributed by atoms with van der Waals surface area (Å²) in [5.74, 6) is -0.549. The van der Waals surface area contributed by atoms with Crippen molar-refractivity contribution < 1.29 is 24.2 Å². The molecule has 0 saturated carbocycles. The van der Waals surface area contributed by atoms with Gasteiger partial charge in [0.2, 0.25) is 5.91 Å². The Hall–Kier alpha value is -3.47. The maximum Gasteiger partial charge on any atom is 0.257 e. The number of benzene rings is 3. The third kappa shape index (κ3) is 6.71. The van der Waals surface area contributed by atoms with Crippen LogP contribution in [0.1, 0.15) is 42.6 Å². The first kappa shape index (κ1) is 31.0. The van der Waals surface area contributed by atoms with E-state index < -0.39 is 6.04 Å². The van der Waals surface area contributed by atoms with E-state index in [9.17, 15) is 14.4 Å². The van der Waals surface area contributed by atoms with E-state index >= 15 is 0 Å². The van der Waals surface area contributed by atoms with Crippen LogP contribution >= 0.6 is 15.9 Å². The van der Waals surface area contributed by atoms with E-state index in [0.717, 1.165) is 40.4 Å². The van der Waals surface area contributed by atoms with E-state index in [1.165, 1.54) is 0 Å². The molecule has 3 aromatic rings. The van der Waals surface area contributed by atoms with Crippen LogP contribution in [-0.4, -0.2) is 84.6 Å². The second kappa shape index (κ2) is 13.9. The van der Waals surface area contributed by atoms with Gasteiger partial charge in [-0.2, -0.15) is 0 Å². The summed E-state index contributed by atoms with van der Waals surface area (Å²) in [6.07, 6.45) is 1.36. The number of hydrogen-bond donors (Lipinski definition) is 2. The van der Waals surface area contributed by atoms with Gasteiger partial charge in [-0.1, -0.05) is 66.2 Å². The van der Waals surface area contributed by atoms with Gasteiger partial charge < -0.3 is 25.0 Å². The van der Waals surface area contributed by atoms with Crippen LogP contribution in [0, 0.1) is 5.92 Å². The molecule has 2 N–H and O–H groups in total. The predicted octanol–water partition coefficient (Wildman–Crippen LogP) is 4.20. The number of piperazine rings is 1. The van der Waals surface area contributed by atoms with Gasteiger partial charge in [0, 0.05) is 49.7 Å². The van der Waals surface area contributed by atoms with Crippen molar-refractivity contribution in [3.05, 3.63) is 70.2 Å². The van der Waals surface area contributed by atoms with Crippen LogP contribution < -0.4 is 15.0 Å². The van der Waals surface area contributed by atoms with Gasteiger partial charge in [0.25, 0.3) is 11.8 Å². The van der Waals surface area contributed by atoms with Gasteiger partial charge in [0.15, 0.2) is 5.75 Å². The van der Waals surface area contributed by atoms with E-state index in [-0.39, 0.29) is 43.4 Å². The first-order valence-electron chi connectivity index (χ1n) is 15.0. The Morgan fingerprint density at radius 1 is 1.05 bits per heavy atom. The number of nitrogens with zero attached hydrogens (tertiary/aromatic N) is 3. The van der Waals surface area contributed by atoms with Crippen molar-refractivity contribution >= 4 is 50.1 Å². The van der Waals surface area contributed by atoms with E-state index in [1.54, 1.807) is 23.1 Å². The van der Waals surface area contributed by atoms with Crippen molar-refractivity contribution in [1.29, 1.82) is 0 Å². The van der Waals surface area contributed by atoms with E-state index in [2.05, 4.69) is 26.1 Å². The predicted molar refractivity (Wildman–Crippen MR) is 170 cm³/mol. The third-order valence-corrected chi connectivity index (χ3v) is 9.12. The number of nitrogens with one attached hydrogen (secondary N) is 1. The van der Waals surface area contributed by atoms with Gasteiger partial charge >= 0.3 is 0 Å². The number of anilines is 1. The van der Waals surface area contributed by atoms with Crippen LogP contribution in [0.5, 0.6) is 5.75 Å². The lowest BCUT2D eigenvalue weighted by Gasteiger charge is -2.35. The highest BCUT2D eigenvalue weighted by atomic mass is 79.9. The molecular formula is C33H39BrN4O5. The van der Waals surface area contributed by atoms with E-state index in [1.807, 2.05) is 55.1 Å². The fraction of sp³-hybridized carbons (Fsp3) is 0.424. The average molecular weight is 652 g/mol. The summed E-state index contributed by atoms with van der Waals surface area (Å²) in [4.78, 5) is 46.6. The quantitative estimate of drug-likeness (QED) is 0.360. The number of ether oxygens (including phenoxy) is 1. The minimum Gasteiger partial charge on any atom is -0.488 e. The van der Waals surface area contributed by atoms with Crippen molar-refractivity contribution in [2.45, 2.75) is 39.3 Å². The number of rotatable bonds is 9.